The minimum Gasteiger partial charge on any atom is -0.244 e. The van der Waals surface area contributed by atoms with Crippen molar-refractivity contribution in [3.8, 4) is 5.69 Å². The van der Waals surface area contributed by atoms with Crippen molar-refractivity contribution in [1.29, 1.82) is 0 Å². The van der Waals surface area contributed by atoms with Crippen LogP contribution in [-0.4, -0.2) is 20.2 Å². The van der Waals surface area contributed by atoms with Gasteiger partial charge in [-0.1, -0.05) is 23.2 Å². The summed E-state index contributed by atoms with van der Waals surface area (Å²) in [6.07, 6.45) is 0. The van der Waals surface area contributed by atoms with E-state index in [4.69, 9.17) is 23.2 Å². The third-order valence-corrected chi connectivity index (χ3v) is 2.00. The van der Waals surface area contributed by atoms with Crippen LogP contribution in [0, 0.1) is 0 Å². The molecule has 2 aromatic rings. The summed E-state index contributed by atoms with van der Waals surface area (Å²) in [4.78, 5) is 11.1. The molecule has 72 valence electrons. The minimum absolute atomic E-state index is 0.433. The van der Waals surface area contributed by atoms with Gasteiger partial charge in [0.05, 0.1) is 5.69 Å². The number of rotatable bonds is 1. The minimum atomic E-state index is -0.441. The quantitative estimate of drug-likeness (QED) is 0.803. The molecule has 0 bridgehead atoms. The second-order valence-corrected chi connectivity index (χ2v) is 3.42. The standard InChI is InChI=1S/C7H4Cl2N4O/c8-4-1-5(9)3-6(2-4)13-7(14)10-11-12-13/h1-3H,(H,10,12,14). The molecule has 0 saturated heterocycles. The molecule has 1 N–H and O–H groups in total. The molecule has 5 nitrogen and oxygen atoms in total. The lowest BCUT2D eigenvalue weighted by Crippen LogP contribution is -2.15. The van der Waals surface area contributed by atoms with Gasteiger partial charge in [0.15, 0.2) is 0 Å². The van der Waals surface area contributed by atoms with E-state index < -0.39 is 5.69 Å². The lowest BCUT2D eigenvalue weighted by molar-refractivity contribution is 0.780. The average Bonchev–Trinajstić information content (AvgIpc) is 2.49. The first-order valence-corrected chi connectivity index (χ1v) is 4.39. The highest BCUT2D eigenvalue weighted by Crippen LogP contribution is 2.20. The van der Waals surface area contributed by atoms with Gasteiger partial charge < -0.3 is 0 Å². The summed E-state index contributed by atoms with van der Waals surface area (Å²) in [6.45, 7) is 0. The fourth-order valence-electron chi connectivity index (χ4n) is 1.03. The number of aromatic nitrogens is 4. The number of hydrogen-bond donors (Lipinski definition) is 1. The van der Waals surface area contributed by atoms with E-state index in [-0.39, 0.29) is 0 Å². The Morgan fingerprint density at radius 3 is 2.36 bits per heavy atom. The SMILES string of the molecule is O=c1[nH]nnn1-c1cc(Cl)cc(Cl)c1. The van der Waals surface area contributed by atoms with Gasteiger partial charge in [-0.05, 0) is 28.6 Å². The maximum Gasteiger partial charge on any atom is 0.365 e. The number of nitrogens with zero attached hydrogens (tertiary/aromatic N) is 3. The first-order chi connectivity index (χ1) is 6.66. The molecule has 7 heteroatoms. The zero-order valence-corrected chi connectivity index (χ0v) is 8.25. The average molecular weight is 231 g/mol. The van der Waals surface area contributed by atoms with Gasteiger partial charge in [0.1, 0.15) is 0 Å². The van der Waals surface area contributed by atoms with Crippen molar-refractivity contribution < 1.29 is 0 Å². The normalized spacial score (nSPS) is 10.4. The number of aromatic amines is 1. The molecule has 0 aliphatic heterocycles. The van der Waals surface area contributed by atoms with E-state index in [2.05, 4.69) is 15.5 Å². The van der Waals surface area contributed by atoms with E-state index in [1.807, 2.05) is 0 Å². The predicted octanol–water partition coefficient (Wildman–Crippen LogP) is 1.26. The van der Waals surface area contributed by atoms with Crippen LogP contribution in [0.4, 0.5) is 0 Å². The van der Waals surface area contributed by atoms with Crippen LogP contribution in [0.2, 0.25) is 10.0 Å². The first-order valence-electron chi connectivity index (χ1n) is 3.63. The molecule has 1 aromatic heterocycles. The zero-order valence-electron chi connectivity index (χ0n) is 6.74. The third-order valence-electron chi connectivity index (χ3n) is 1.56. The van der Waals surface area contributed by atoms with Crippen LogP contribution in [0.3, 0.4) is 0 Å². The van der Waals surface area contributed by atoms with Crippen molar-refractivity contribution in [1.82, 2.24) is 20.2 Å². The van der Waals surface area contributed by atoms with Gasteiger partial charge in [-0.15, -0.1) is 0 Å². The molecule has 0 radical (unpaired) electrons. The Hall–Kier alpha value is -1.33. The monoisotopic (exact) mass is 230 g/mol. The Morgan fingerprint density at radius 2 is 1.86 bits per heavy atom. The zero-order chi connectivity index (χ0) is 10.1. The van der Waals surface area contributed by atoms with E-state index in [1.165, 1.54) is 0 Å². The van der Waals surface area contributed by atoms with E-state index in [1.54, 1.807) is 18.2 Å². The number of benzene rings is 1. The highest BCUT2D eigenvalue weighted by atomic mass is 35.5. The van der Waals surface area contributed by atoms with Gasteiger partial charge in [-0.25, -0.2) is 9.89 Å². The van der Waals surface area contributed by atoms with Crippen molar-refractivity contribution in [2.24, 2.45) is 0 Å². The molecule has 0 aliphatic carbocycles. The highest BCUT2D eigenvalue weighted by molar-refractivity contribution is 6.34. The Kier molecular flexibility index (Phi) is 2.26. The largest absolute Gasteiger partial charge is 0.365 e. The molecule has 2 rings (SSSR count). The molecule has 0 aliphatic rings. The summed E-state index contributed by atoms with van der Waals surface area (Å²) >= 11 is 11.5. The Balaban J connectivity index is 2.63. The maximum absolute atomic E-state index is 11.1. The lowest BCUT2D eigenvalue weighted by atomic mass is 10.3. The topological polar surface area (TPSA) is 63.6 Å². The maximum atomic E-state index is 11.1. The molecule has 0 saturated carbocycles. The van der Waals surface area contributed by atoms with Crippen molar-refractivity contribution in [3.05, 3.63) is 38.7 Å². The highest BCUT2D eigenvalue weighted by Gasteiger charge is 2.04. The van der Waals surface area contributed by atoms with Crippen molar-refractivity contribution in [2.45, 2.75) is 0 Å². The molecule has 0 amide bonds. The van der Waals surface area contributed by atoms with Gasteiger partial charge in [-0.2, -0.15) is 4.68 Å². The van der Waals surface area contributed by atoms with Gasteiger partial charge in [0.2, 0.25) is 0 Å². The fourth-order valence-corrected chi connectivity index (χ4v) is 1.54. The first kappa shape index (κ1) is 9.23. The Labute approximate surface area is 88.2 Å². The van der Waals surface area contributed by atoms with E-state index in [0.717, 1.165) is 4.68 Å². The Morgan fingerprint density at radius 1 is 1.21 bits per heavy atom. The molecule has 0 fully saturated rings. The molecule has 1 heterocycles. The van der Waals surface area contributed by atoms with Crippen LogP contribution >= 0.6 is 23.2 Å². The summed E-state index contributed by atoms with van der Waals surface area (Å²) in [6, 6.07) is 4.70. The van der Waals surface area contributed by atoms with Gasteiger partial charge in [0, 0.05) is 10.0 Å². The van der Waals surface area contributed by atoms with Crippen LogP contribution in [-0.2, 0) is 0 Å². The molecule has 1 aromatic carbocycles. The van der Waals surface area contributed by atoms with E-state index in [0.29, 0.717) is 15.7 Å². The van der Waals surface area contributed by atoms with Crippen molar-refractivity contribution in [3.63, 3.8) is 0 Å². The van der Waals surface area contributed by atoms with Crippen molar-refractivity contribution in [2.75, 3.05) is 0 Å². The molecular weight excluding hydrogens is 227 g/mol. The number of hydrogen-bond acceptors (Lipinski definition) is 3. The summed E-state index contributed by atoms with van der Waals surface area (Å²) in [5.74, 6) is 0. The van der Waals surface area contributed by atoms with E-state index >= 15 is 0 Å². The van der Waals surface area contributed by atoms with Crippen LogP contribution < -0.4 is 5.69 Å². The van der Waals surface area contributed by atoms with Crippen LogP contribution in [0.15, 0.2) is 23.0 Å². The summed E-state index contributed by atoms with van der Waals surface area (Å²) in [5.41, 5.74) is 0.0320. The van der Waals surface area contributed by atoms with Crippen LogP contribution in [0.25, 0.3) is 5.69 Å². The van der Waals surface area contributed by atoms with E-state index in [9.17, 15) is 4.79 Å². The van der Waals surface area contributed by atoms with Gasteiger partial charge >= 0.3 is 5.69 Å². The smallest absolute Gasteiger partial charge is 0.244 e. The van der Waals surface area contributed by atoms with Gasteiger partial charge in [-0.3, -0.25) is 0 Å². The number of nitrogens with one attached hydrogen (secondary N) is 1. The van der Waals surface area contributed by atoms with Gasteiger partial charge in [0.25, 0.3) is 0 Å². The third kappa shape index (κ3) is 1.64. The summed E-state index contributed by atoms with van der Waals surface area (Å²) in [7, 11) is 0. The van der Waals surface area contributed by atoms with Crippen molar-refractivity contribution >= 4 is 23.2 Å². The van der Waals surface area contributed by atoms with Crippen LogP contribution in [0.5, 0.6) is 0 Å². The summed E-state index contributed by atoms with van der Waals surface area (Å²) < 4.78 is 1.07. The second kappa shape index (κ2) is 3.43. The Bertz CT molecular complexity index is 498. The molecular formula is C7H4Cl2N4O. The lowest BCUT2D eigenvalue weighted by Gasteiger charge is -1.99. The predicted molar refractivity (Wildman–Crippen MR) is 52.0 cm³/mol. The number of halogens is 2. The molecule has 14 heavy (non-hydrogen) atoms. The van der Waals surface area contributed by atoms with Crippen LogP contribution in [0.1, 0.15) is 0 Å². The number of H-pyrrole nitrogens is 1. The molecule has 0 spiro atoms. The number of tetrazole rings is 1. The summed E-state index contributed by atoms with van der Waals surface area (Å²) in [5, 5.41) is 9.93. The molecule has 0 unspecified atom stereocenters. The fraction of sp³-hybridized carbons (Fsp3) is 0. The molecule has 0 atom stereocenters. The second-order valence-electron chi connectivity index (χ2n) is 2.55.